The minimum Gasteiger partial charge on any atom is -0.396 e. The zero-order chi connectivity index (χ0) is 14.5. The Hall–Kier alpha value is -1.69. The number of aliphatic hydroxyl groups excluding tert-OH is 1. The fraction of sp³-hybridized carbons (Fsp3) is 0.643. The highest BCUT2D eigenvalue weighted by Gasteiger charge is 2.12. The summed E-state index contributed by atoms with van der Waals surface area (Å²) in [6.45, 7) is 5.44. The van der Waals surface area contributed by atoms with Crippen LogP contribution >= 0.6 is 0 Å². The topological polar surface area (TPSA) is 75.9 Å². The Bertz CT molecular complexity index is 551. The SMILES string of the molecule is CC(C)CC(CCO)CNc1ncnc2nn(C)cc12. The number of aromatic nitrogens is 4. The zero-order valence-corrected chi connectivity index (χ0v) is 12.4. The molecule has 6 heteroatoms. The van der Waals surface area contributed by atoms with E-state index in [0.29, 0.717) is 17.5 Å². The molecule has 2 aromatic rings. The van der Waals surface area contributed by atoms with E-state index in [1.165, 1.54) is 6.33 Å². The molecule has 0 spiro atoms. The van der Waals surface area contributed by atoms with E-state index < -0.39 is 0 Å². The van der Waals surface area contributed by atoms with Crippen LogP contribution < -0.4 is 5.32 Å². The molecule has 0 aliphatic rings. The zero-order valence-electron chi connectivity index (χ0n) is 12.4. The van der Waals surface area contributed by atoms with E-state index in [2.05, 4.69) is 34.2 Å². The normalized spacial score (nSPS) is 13.1. The van der Waals surface area contributed by atoms with E-state index in [-0.39, 0.29) is 6.61 Å². The molecule has 0 amide bonds. The second kappa shape index (κ2) is 6.65. The molecule has 0 bridgehead atoms. The van der Waals surface area contributed by atoms with Crippen LogP contribution in [0.4, 0.5) is 5.82 Å². The van der Waals surface area contributed by atoms with E-state index in [9.17, 15) is 0 Å². The van der Waals surface area contributed by atoms with Crippen LogP contribution in [0.25, 0.3) is 11.0 Å². The van der Waals surface area contributed by atoms with E-state index in [0.717, 1.165) is 30.6 Å². The van der Waals surface area contributed by atoms with E-state index in [1.54, 1.807) is 4.68 Å². The highest BCUT2D eigenvalue weighted by atomic mass is 16.3. The van der Waals surface area contributed by atoms with Gasteiger partial charge in [0.1, 0.15) is 12.1 Å². The van der Waals surface area contributed by atoms with Crippen LogP contribution in [-0.2, 0) is 7.05 Å². The average molecular weight is 277 g/mol. The molecular weight excluding hydrogens is 254 g/mol. The van der Waals surface area contributed by atoms with Crippen LogP contribution in [0.5, 0.6) is 0 Å². The Morgan fingerprint density at radius 3 is 2.85 bits per heavy atom. The van der Waals surface area contributed by atoms with Crippen molar-refractivity contribution in [3.05, 3.63) is 12.5 Å². The summed E-state index contributed by atoms with van der Waals surface area (Å²) >= 11 is 0. The first kappa shape index (κ1) is 14.7. The second-order valence-electron chi connectivity index (χ2n) is 5.65. The molecule has 2 aromatic heterocycles. The predicted molar refractivity (Wildman–Crippen MR) is 79.4 cm³/mol. The predicted octanol–water partition coefficient (Wildman–Crippen LogP) is 1.82. The monoisotopic (exact) mass is 277 g/mol. The molecule has 0 aliphatic heterocycles. The van der Waals surface area contributed by atoms with Gasteiger partial charge in [-0.3, -0.25) is 4.68 Å². The Balaban J connectivity index is 2.07. The smallest absolute Gasteiger partial charge is 0.186 e. The highest BCUT2D eigenvalue weighted by molar-refractivity contribution is 5.85. The van der Waals surface area contributed by atoms with Gasteiger partial charge in [-0.1, -0.05) is 13.8 Å². The third-order valence-corrected chi connectivity index (χ3v) is 3.33. The molecule has 0 saturated heterocycles. The largest absolute Gasteiger partial charge is 0.396 e. The molecule has 6 nitrogen and oxygen atoms in total. The van der Waals surface area contributed by atoms with Gasteiger partial charge in [-0.05, 0) is 24.7 Å². The van der Waals surface area contributed by atoms with Crippen LogP contribution in [0, 0.1) is 11.8 Å². The second-order valence-corrected chi connectivity index (χ2v) is 5.65. The first-order valence-electron chi connectivity index (χ1n) is 7.09. The molecule has 110 valence electrons. The minimum atomic E-state index is 0.227. The molecule has 2 N–H and O–H groups in total. The molecule has 2 heterocycles. The van der Waals surface area contributed by atoms with E-state index >= 15 is 0 Å². The lowest BCUT2D eigenvalue weighted by Crippen LogP contribution is -2.18. The Kier molecular flexibility index (Phi) is 4.89. The minimum absolute atomic E-state index is 0.227. The number of aliphatic hydroxyl groups is 1. The summed E-state index contributed by atoms with van der Waals surface area (Å²) in [4.78, 5) is 8.44. The molecule has 1 unspecified atom stereocenters. The third-order valence-electron chi connectivity index (χ3n) is 3.33. The molecule has 1 atom stereocenters. The van der Waals surface area contributed by atoms with Gasteiger partial charge < -0.3 is 10.4 Å². The van der Waals surface area contributed by atoms with Gasteiger partial charge in [-0.25, -0.2) is 9.97 Å². The van der Waals surface area contributed by atoms with Crippen molar-refractivity contribution in [3.63, 3.8) is 0 Å². The van der Waals surface area contributed by atoms with Crippen molar-refractivity contribution >= 4 is 16.9 Å². The summed E-state index contributed by atoms with van der Waals surface area (Å²) in [6, 6.07) is 0. The van der Waals surface area contributed by atoms with Crippen LogP contribution in [0.2, 0.25) is 0 Å². The van der Waals surface area contributed by atoms with Crippen LogP contribution in [0.15, 0.2) is 12.5 Å². The van der Waals surface area contributed by atoms with Crippen LogP contribution in [0.3, 0.4) is 0 Å². The van der Waals surface area contributed by atoms with Gasteiger partial charge in [0.2, 0.25) is 0 Å². The molecule has 0 saturated carbocycles. The van der Waals surface area contributed by atoms with Crippen molar-refractivity contribution in [1.29, 1.82) is 0 Å². The summed E-state index contributed by atoms with van der Waals surface area (Å²) in [5.41, 5.74) is 0.701. The maximum absolute atomic E-state index is 9.16. The standard InChI is InChI=1S/C14H23N5O/c1-10(2)6-11(4-5-20)7-15-13-12-8-19(3)18-14(12)17-9-16-13/h8-11,20H,4-7H2,1-3H3,(H,15,16,17,18). The van der Waals surface area contributed by atoms with Gasteiger partial charge in [0, 0.05) is 26.4 Å². The molecule has 0 aromatic carbocycles. The fourth-order valence-corrected chi connectivity index (χ4v) is 2.48. The number of anilines is 1. The van der Waals surface area contributed by atoms with Crippen LogP contribution in [-0.4, -0.2) is 38.0 Å². The quantitative estimate of drug-likeness (QED) is 0.807. The lowest BCUT2D eigenvalue weighted by atomic mass is 9.94. The number of aryl methyl sites for hydroxylation is 1. The first-order chi connectivity index (χ1) is 9.60. The van der Waals surface area contributed by atoms with Gasteiger partial charge in [0.05, 0.1) is 5.39 Å². The lowest BCUT2D eigenvalue weighted by molar-refractivity contribution is 0.247. The molecule has 20 heavy (non-hydrogen) atoms. The van der Waals surface area contributed by atoms with Gasteiger partial charge in [-0.2, -0.15) is 5.10 Å². The molecule has 0 aliphatic carbocycles. The molecule has 0 radical (unpaired) electrons. The van der Waals surface area contributed by atoms with Crippen molar-refractivity contribution in [1.82, 2.24) is 19.7 Å². The highest BCUT2D eigenvalue weighted by Crippen LogP contribution is 2.20. The number of hydrogen-bond acceptors (Lipinski definition) is 5. The maximum atomic E-state index is 9.16. The maximum Gasteiger partial charge on any atom is 0.186 e. The van der Waals surface area contributed by atoms with Crippen molar-refractivity contribution in [2.45, 2.75) is 26.7 Å². The summed E-state index contributed by atoms with van der Waals surface area (Å²) in [7, 11) is 1.87. The molecular formula is C14H23N5O. The van der Waals surface area contributed by atoms with Crippen molar-refractivity contribution in [2.75, 3.05) is 18.5 Å². The van der Waals surface area contributed by atoms with Crippen molar-refractivity contribution in [3.8, 4) is 0 Å². The van der Waals surface area contributed by atoms with Gasteiger partial charge in [0.25, 0.3) is 0 Å². The Morgan fingerprint density at radius 1 is 1.35 bits per heavy atom. The van der Waals surface area contributed by atoms with Crippen LogP contribution in [0.1, 0.15) is 26.7 Å². The Morgan fingerprint density at radius 2 is 2.15 bits per heavy atom. The third kappa shape index (κ3) is 3.66. The lowest BCUT2D eigenvalue weighted by Gasteiger charge is -2.19. The van der Waals surface area contributed by atoms with E-state index in [4.69, 9.17) is 5.11 Å². The summed E-state index contributed by atoms with van der Waals surface area (Å²) < 4.78 is 1.74. The number of nitrogens with one attached hydrogen (secondary N) is 1. The molecule has 2 rings (SSSR count). The van der Waals surface area contributed by atoms with Crippen molar-refractivity contribution in [2.24, 2.45) is 18.9 Å². The van der Waals surface area contributed by atoms with Crippen molar-refractivity contribution < 1.29 is 5.11 Å². The van der Waals surface area contributed by atoms with Gasteiger partial charge in [-0.15, -0.1) is 0 Å². The fourth-order valence-electron chi connectivity index (χ4n) is 2.48. The number of rotatable bonds is 7. The Labute approximate surface area is 119 Å². The summed E-state index contributed by atoms with van der Waals surface area (Å²) in [5, 5.41) is 17.7. The first-order valence-corrected chi connectivity index (χ1v) is 7.09. The van der Waals surface area contributed by atoms with Gasteiger partial charge >= 0.3 is 0 Å². The van der Waals surface area contributed by atoms with Gasteiger partial charge in [0.15, 0.2) is 5.65 Å². The summed E-state index contributed by atoms with van der Waals surface area (Å²) in [6.07, 6.45) is 5.35. The van der Waals surface area contributed by atoms with E-state index in [1.807, 2.05) is 13.2 Å². The summed E-state index contributed by atoms with van der Waals surface area (Å²) in [5.74, 6) is 1.88. The number of hydrogen-bond donors (Lipinski definition) is 2. The number of fused-ring (bicyclic) bond motifs is 1. The molecule has 0 fully saturated rings. The average Bonchev–Trinajstić information content (AvgIpc) is 2.76. The number of nitrogens with zero attached hydrogens (tertiary/aromatic N) is 4.